The summed E-state index contributed by atoms with van der Waals surface area (Å²) >= 11 is 0. The Balaban J connectivity index is 2.08. The van der Waals surface area contributed by atoms with Gasteiger partial charge in [-0.25, -0.2) is 0 Å². The third kappa shape index (κ3) is 3.41. The molecule has 0 aliphatic carbocycles. The van der Waals surface area contributed by atoms with Gasteiger partial charge in [-0.3, -0.25) is 0 Å². The Morgan fingerprint density at radius 1 is 1.26 bits per heavy atom. The zero-order valence-electron chi connectivity index (χ0n) is 12.6. The zero-order valence-corrected chi connectivity index (χ0v) is 12.6. The summed E-state index contributed by atoms with van der Waals surface area (Å²) in [6, 6.07) is 5.06. The molecular formula is C16H26N2O. The van der Waals surface area contributed by atoms with E-state index in [1.54, 1.807) is 7.11 Å². The second-order valence-electron chi connectivity index (χ2n) is 5.64. The van der Waals surface area contributed by atoms with Gasteiger partial charge < -0.3 is 15.0 Å². The van der Waals surface area contributed by atoms with Crippen LogP contribution in [-0.2, 0) is 0 Å². The number of hydrogen-bond donors (Lipinski definition) is 1. The van der Waals surface area contributed by atoms with Crippen LogP contribution in [0.15, 0.2) is 12.1 Å². The third-order valence-electron chi connectivity index (χ3n) is 4.00. The molecule has 1 aromatic rings. The molecule has 0 amide bonds. The number of likely N-dealkylation sites (N-methyl/N-ethyl adjacent to an activating group) is 1. The van der Waals surface area contributed by atoms with Gasteiger partial charge in [-0.15, -0.1) is 0 Å². The van der Waals surface area contributed by atoms with Crippen molar-refractivity contribution in [2.24, 2.45) is 0 Å². The number of anilines is 1. The summed E-state index contributed by atoms with van der Waals surface area (Å²) in [7, 11) is 3.92. The van der Waals surface area contributed by atoms with E-state index in [1.807, 2.05) is 0 Å². The van der Waals surface area contributed by atoms with Gasteiger partial charge in [0.2, 0.25) is 0 Å². The zero-order chi connectivity index (χ0) is 13.8. The minimum Gasteiger partial charge on any atom is -0.496 e. The first-order valence-corrected chi connectivity index (χ1v) is 7.21. The molecule has 0 saturated carbocycles. The quantitative estimate of drug-likeness (QED) is 0.903. The lowest BCUT2D eigenvalue weighted by atomic mass is 10.0. The molecule has 1 unspecified atom stereocenters. The molecule has 1 heterocycles. The Bertz CT molecular complexity index is 402. The number of nitrogens with one attached hydrogen (secondary N) is 1. The Hall–Kier alpha value is -1.22. The normalized spacial score (nSPS) is 19.3. The van der Waals surface area contributed by atoms with E-state index in [2.05, 4.69) is 43.2 Å². The van der Waals surface area contributed by atoms with Gasteiger partial charge in [0.1, 0.15) is 5.75 Å². The summed E-state index contributed by atoms with van der Waals surface area (Å²) in [5.74, 6) is 1.01. The first-order valence-electron chi connectivity index (χ1n) is 7.21. The molecule has 1 aromatic carbocycles. The van der Waals surface area contributed by atoms with Gasteiger partial charge in [-0.05, 0) is 56.5 Å². The van der Waals surface area contributed by atoms with E-state index in [1.165, 1.54) is 42.6 Å². The molecule has 1 aliphatic rings. The number of nitrogens with zero attached hydrogens (tertiary/aromatic N) is 1. The third-order valence-corrected chi connectivity index (χ3v) is 4.00. The van der Waals surface area contributed by atoms with Crippen LogP contribution < -0.4 is 15.0 Å². The van der Waals surface area contributed by atoms with Gasteiger partial charge in [0.05, 0.1) is 7.11 Å². The molecule has 0 spiro atoms. The SMILES string of the molecule is COc1c(C)cc(N(C)CC2CCCCN2)cc1C. The Kier molecular flexibility index (Phi) is 4.70. The highest BCUT2D eigenvalue weighted by molar-refractivity contribution is 5.56. The minimum atomic E-state index is 0.626. The number of piperidine rings is 1. The van der Waals surface area contributed by atoms with Crippen LogP contribution in [0.4, 0.5) is 5.69 Å². The van der Waals surface area contributed by atoms with E-state index >= 15 is 0 Å². The van der Waals surface area contributed by atoms with Crippen molar-refractivity contribution in [1.29, 1.82) is 0 Å². The van der Waals surface area contributed by atoms with Crippen molar-refractivity contribution in [2.75, 3.05) is 32.1 Å². The molecule has 2 rings (SSSR count). The van der Waals surface area contributed by atoms with Crippen molar-refractivity contribution in [3.63, 3.8) is 0 Å². The number of aryl methyl sites for hydroxylation is 2. The predicted octanol–water partition coefficient (Wildman–Crippen LogP) is 2.89. The second kappa shape index (κ2) is 6.29. The molecule has 19 heavy (non-hydrogen) atoms. The molecule has 106 valence electrons. The summed E-state index contributed by atoms with van der Waals surface area (Å²) in [6.07, 6.45) is 3.96. The van der Waals surface area contributed by atoms with Crippen molar-refractivity contribution < 1.29 is 4.74 Å². The van der Waals surface area contributed by atoms with Gasteiger partial charge >= 0.3 is 0 Å². The Morgan fingerprint density at radius 2 is 1.95 bits per heavy atom. The molecule has 1 fully saturated rings. The van der Waals surface area contributed by atoms with Crippen molar-refractivity contribution >= 4 is 5.69 Å². The maximum absolute atomic E-state index is 5.43. The van der Waals surface area contributed by atoms with Crippen LogP contribution >= 0.6 is 0 Å². The average Bonchev–Trinajstić information content (AvgIpc) is 2.39. The lowest BCUT2D eigenvalue weighted by molar-refractivity contribution is 0.402. The molecular weight excluding hydrogens is 236 g/mol. The minimum absolute atomic E-state index is 0.626. The highest BCUT2D eigenvalue weighted by Gasteiger charge is 2.16. The van der Waals surface area contributed by atoms with Crippen molar-refractivity contribution in [2.45, 2.75) is 39.2 Å². The fourth-order valence-corrected chi connectivity index (χ4v) is 2.99. The molecule has 1 saturated heterocycles. The molecule has 0 radical (unpaired) electrons. The van der Waals surface area contributed by atoms with Gasteiger partial charge in [-0.1, -0.05) is 6.42 Å². The number of rotatable bonds is 4. The maximum Gasteiger partial charge on any atom is 0.124 e. The smallest absolute Gasteiger partial charge is 0.124 e. The fraction of sp³-hybridized carbons (Fsp3) is 0.625. The Morgan fingerprint density at radius 3 is 2.47 bits per heavy atom. The number of ether oxygens (including phenoxy) is 1. The summed E-state index contributed by atoms with van der Waals surface area (Å²) in [6.45, 7) is 6.47. The van der Waals surface area contributed by atoms with Crippen molar-refractivity contribution in [3.8, 4) is 5.75 Å². The van der Waals surface area contributed by atoms with Gasteiger partial charge in [0.15, 0.2) is 0 Å². The monoisotopic (exact) mass is 262 g/mol. The highest BCUT2D eigenvalue weighted by Crippen LogP contribution is 2.28. The van der Waals surface area contributed by atoms with E-state index in [9.17, 15) is 0 Å². The summed E-state index contributed by atoms with van der Waals surface area (Å²) in [5, 5.41) is 3.61. The van der Waals surface area contributed by atoms with E-state index in [4.69, 9.17) is 4.74 Å². The molecule has 3 heteroatoms. The number of hydrogen-bond acceptors (Lipinski definition) is 3. The van der Waals surface area contributed by atoms with Crippen molar-refractivity contribution in [1.82, 2.24) is 5.32 Å². The molecule has 3 nitrogen and oxygen atoms in total. The van der Waals surface area contributed by atoms with Gasteiger partial charge in [-0.2, -0.15) is 0 Å². The van der Waals surface area contributed by atoms with Crippen LogP contribution in [0.1, 0.15) is 30.4 Å². The summed E-state index contributed by atoms with van der Waals surface area (Å²) in [5.41, 5.74) is 3.70. The molecule has 0 bridgehead atoms. The number of methoxy groups -OCH3 is 1. The maximum atomic E-state index is 5.43. The molecule has 1 atom stereocenters. The van der Waals surface area contributed by atoms with Crippen molar-refractivity contribution in [3.05, 3.63) is 23.3 Å². The number of benzene rings is 1. The first kappa shape index (κ1) is 14.2. The van der Waals surface area contributed by atoms with E-state index in [-0.39, 0.29) is 0 Å². The van der Waals surface area contributed by atoms with Gasteiger partial charge in [0, 0.05) is 25.3 Å². The topological polar surface area (TPSA) is 24.5 Å². The molecule has 1 N–H and O–H groups in total. The largest absolute Gasteiger partial charge is 0.496 e. The summed E-state index contributed by atoms with van der Waals surface area (Å²) in [4.78, 5) is 2.35. The van der Waals surface area contributed by atoms with Crippen LogP contribution in [0.25, 0.3) is 0 Å². The van der Waals surface area contributed by atoms with Crippen LogP contribution in [0, 0.1) is 13.8 Å². The predicted molar refractivity (Wildman–Crippen MR) is 81.4 cm³/mol. The first-order chi connectivity index (χ1) is 9.11. The van der Waals surface area contributed by atoms with Crippen LogP contribution in [0.2, 0.25) is 0 Å². The lowest BCUT2D eigenvalue weighted by Crippen LogP contribution is -2.42. The van der Waals surface area contributed by atoms with E-state index < -0.39 is 0 Å². The van der Waals surface area contributed by atoms with Gasteiger partial charge in [0.25, 0.3) is 0 Å². The summed E-state index contributed by atoms with van der Waals surface area (Å²) < 4.78 is 5.43. The van der Waals surface area contributed by atoms with E-state index in [0.29, 0.717) is 6.04 Å². The Labute approximate surface area is 116 Å². The average molecular weight is 262 g/mol. The molecule has 0 aromatic heterocycles. The van der Waals surface area contributed by atoms with E-state index in [0.717, 1.165) is 12.3 Å². The fourth-order valence-electron chi connectivity index (χ4n) is 2.99. The lowest BCUT2D eigenvalue weighted by Gasteiger charge is -2.30. The van der Waals surface area contributed by atoms with Crippen LogP contribution in [0.5, 0.6) is 5.75 Å². The van der Waals surface area contributed by atoms with Crippen LogP contribution in [0.3, 0.4) is 0 Å². The molecule has 1 aliphatic heterocycles. The second-order valence-corrected chi connectivity index (χ2v) is 5.64. The highest BCUT2D eigenvalue weighted by atomic mass is 16.5. The standard InChI is InChI=1S/C16H26N2O/c1-12-9-15(10-13(2)16(12)19-4)18(3)11-14-7-5-6-8-17-14/h9-10,14,17H,5-8,11H2,1-4H3. The van der Waals surface area contributed by atoms with Crippen LogP contribution in [-0.4, -0.2) is 33.3 Å².